The molecule has 1 aromatic heterocycles. The van der Waals surface area contributed by atoms with Crippen LogP contribution in [0.2, 0.25) is 0 Å². The van der Waals surface area contributed by atoms with Gasteiger partial charge in [-0.15, -0.1) is 0 Å². The van der Waals surface area contributed by atoms with Crippen LogP contribution in [-0.4, -0.2) is 33.3 Å². The molecular formula is C28H27FN2O4. The predicted octanol–water partition coefficient (Wildman–Crippen LogP) is 5.19. The van der Waals surface area contributed by atoms with E-state index in [2.05, 4.69) is 4.98 Å². The lowest BCUT2D eigenvalue weighted by atomic mass is 9.93. The Morgan fingerprint density at radius 1 is 1.14 bits per heavy atom. The zero-order valence-corrected chi connectivity index (χ0v) is 19.9. The molecule has 6 nitrogen and oxygen atoms in total. The third kappa shape index (κ3) is 5.09. The number of pyridine rings is 1. The summed E-state index contributed by atoms with van der Waals surface area (Å²) in [7, 11) is 0. The van der Waals surface area contributed by atoms with Crippen LogP contribution in [0.1, 0.15) is 42.1 Å². The highest BCUT2D eigenvalue weighted by atomic mass is 19.1. The number of aliphatic hydroxyl groups excluding tert-OH is 1. The van der Waals surface area contributed by atoms with Crippen molar-refractivity contribution in [3.05, 3.63) is 101 Å². The standard InChI is InChI=1S/C28H27FN2O4/c1-17(2)16-35-22-10-11-23(18(3)13-22)26(32)24-25(20-6-8-21(29)9-7-20)31(28(34)27(24)33)15-19-5-4-12-30-14-19/h4-14,17,25,32H,15-16H2,1-3H3/b26-24+. The highest BCUT2D eigenvalue weighted by Crippen LogP contribution is 2.41. The van der Waals surface area contributed by atoms with Crippen molar-refractivity contribution >= 4 is 17.4 Å². The minimum Gasteiger partial charge on any atom is -0.507 e. The molecule has 0 radical (unpaired) electrons. The molecule has 0 spiro atoms. The summed E-state index contributed by atoms with van der Waals surface area (Å²) >= 11 is 0. The zero-order valence-electron chi connectivity index (χ0n) is 19.9. The van der Waals surface area contributed by atoms with Crippen LogP contribution in [0, 0.1) is 18.7 Å². The third-order valence-corrected chi connectivity index (χ3v) is 5.84. The fraction of sp³-hybridized carbons (Fsp3) is 0.250. The van der Waals surface area contributed by atoms with Gasteiger partial charge in [0.25, 0.3) is 11.7 Å². The molecule has 0 bridgehead atoms. The highest BCUT2D eigenvalue weighted by molar-refractivity contribution is 6.46. The number of aliphatic hydroxyl groups is 1. The van der Waals surface area contributed by atoms with E-state index in [0.717, 1.165) is 5.56 Å². The summed E-state index contributed by atoms with van der Waals surface area (Å²) < 4.78 is 19.4. The number of amides is 1. The van der Waals surface area contributed by atoms with E-state index >= 15 is 0 Å². The molecule has 1 amide bonds. The number of hydrogen-bond acceptors (Lipinski definition) is 5. The van der Waals surface area contributed by atoms with Gasteiger partial charge in [-0.05, 0) is 65.9 Å². The Labute approximate surface area is 203 Å². The van der Waals surface area contributed by atoms with E-state index in [9.17, 15) is 19.1 Å². The Balaban J connectivity index is 1.79. The number of aromatic nitrogens is 1. The second-order valence-corrected chi connectivity index (χ2v) is 9.02. The lowest BCUT2D eigenvalue weighted by Crippen LogP contribution is -2.29. The Morgan fingerprint density at radius 3 is 2.51 bits per heavy atom. The number of aryl methyl sites for hydroxylation is 1. The van der Waals surface area contributed by atoms with E-state index in [0.29, 0.717) is 35.0 Å². The normalized spacial score (nSPS) is 17.3. The minimum absolute atomic E-state index is 0.0375. The predicted molar refractivity (Wildman–Crippen MR) is 130 cm³/mol. The fourth-order valence-electron chi connectivity index (χ4n) is 4.12. The summed E-state index contributed by atoms with van der Waals surface area (Å²) in [4.78, 5) is 31.8. The maximum atomic E-state index is 13.7. The summed E-state index contributed by atoms with van der Waals surface area (Å²) in [5.74, 6) is -1.24. The molecule has 1 fully saturated rings. The maximum Gasteiger partial charge on any atom is 0.295 e. The first-order valence-corrected chi connectivity index (χ1v) is 11.4. The van der Waals surface area contributed by atoms with Crippen molar-refractivity contribution in [2.75, 3.05) is 6.61 Å². The summed E-state index contributed by atoms with van der Waals surface area (Å²) in [6, 6.07) is 13.4. The first-order valence-electron chi connectivity index (χ1n) is 11.4. The summed E-state index contributed by atoms with van der Waals surface area (Å²) in [5.41, 5.74) is 2.33. The molecule has 0 saturated carbocycles. The lowest BCUT2D eigenvalue weighted by molar-refractivity contribution is -0.140. The first kappa shape index (κ1) is 24.1. The van der Waals surface area contributed by atoms with Crippen LogP contribution in [0.4, 0.5) is 4.39 Å². The molecule has 1 N–H and O–H groups in total. The molecular weight excluding hydrogens is 447 g/mol. The zero-order chi connectivity index (χ0) is 25.1. The number of halogens is 1. The molecule has 0 aliphatic carbocycles. The van der Waals surface area contributed by atoms with Gasteiger partial charge in [0.1, 0.15) is 17.3 Å². The molecule has 1 aliphatic heterocycles. The van der Waals surface area contributed by atoms with Crippen LogP contribution >= 0.6 is 0 Å². The van der Waals surface area contributed by atoms with Crippen molar-refractivity contribution in [1.29, 1.82) is 0 Å². The summed E-state index contributed by atoms with van der Waals surface area (Å²) in [5, 5.41) is 11.3. The molecule has 180 valence electrons. The topological polar surface area (TPSA) is 79.7 Å². The van der Waals surface area contributed by atoms with E-state index in [4.69, 9.17) is 4.74 Å². The first-order chi connectivity index (χ1) is 16.8. The largest absolute Gasteiger partial charge is 0.507 e. The fourth-order valence-corrected chi connectivity index (χ4v) is 4.12. The second-order valence-electron chi connectivity index (χ2n) is 9.02. The van der Waals surface area contributed by atoms with Crippen molar-refractivity contribution in [2.24, 2.45) is 5.92 Å². The van der Waals surface area contributed by atoms with Gasteiger partial charge < -0.3 is 14.7 Å². The monoisotopic (exact) mass is 474 g/mol. The van der Waals surface area contributed by atoms with Crippen LogP contribution in [-0.2, 0) is 16.1 Å². The van der Waals surface area contributed by atoms with Crippen LogP contribution in [0.25, 0.3) is 5.76 Å². The molecule has 1 aliphatic rings. The molecule has 2 aromatic carbocycles. The summed E-state index contributed by atoms with van der Waals surface area (Å²) in [6.07, 6.45) is 3.23. The minimum atomic E-state index is -0.882. The smallest absolute Gasteiger partial charge is 0.295 e. The molecule has 1 atom stereocenters. The Kier molecular flexibility index (Phi) is 6.96. The van der Waals surface area contributed by atoms with Gasteiger partial charge in [-0.3, -0.25) is 14.6 Å². The molecule has 3 aromatic rings. The van der Waals surface area contributed by atoms with Crippen molar-refractivity contribution < 1.29 is 23.8 Å². The van der Waals surface area contributed by atoms with Crippen LogP contribution in [0.3, 0.4) is 0 Å². The number of carbonyl (C=O) groups excluding carboxylic acids is 2. The number of rotatable bonds is 7. The average Bonchev–Trinajstić information content (AvgIpc) is 3.08. The number of ketones is 1. The van der Waals surface area contributed by atoms with E-state index in [1.165, 1.54) is 29.2 Å². The van der Waals surface area contributed by atoms with Crippen molar-refractivity contribution in [3.63, 3.8) is 0 Å². The van der Waals surface area contributed by atoms with Crippen molar-refractivity contribution in [2.45, 2.75) is 33.4 Å². The van der Waals surface area contributed by atoms with Crippen LogP contribution in [0.15, 0.2) is 72.6 Å². The van der Waals surface area contributed by atoms with E-state index in [-0.39, 0.29) is 17.9 Å². The SMILES string of the molecule is Cc1cc(OCC(C)C)ccc1/C(O)=C1\C(=O)C(=O)N(Cc2cccnc2)C1c1ccc(F)cc1. The Morgan fingerprint density at radius 2 is 1.89 bits per heavy atom. The third-order valence-electron chi connectivity index (χ3n) is 5.84. The number of benzene rings is 2. The summed E-state index contributed by atoms with van der Waals surface area (Å²) in [6.45, 7) is 6.56. The number of hydrogen-bond donors (Lipinski definition) is 1. The highest BCUT2D eigenvalue weighted by Gasteiger charge is 2.46. The number of likely N-dealkylation sites (tertiary alicyclic amines) is 1. The quantitative estimate of drug-likeness (QED) is 0.290. The van der Waals surface area contributed by atoms with Gasteiger partial charge in [-0.25, -0.2) is 4.39 Å². The van der Waals surface area contributed by atoms with Crippen LogP contribution < -0.4 is 4.74 Å². The van der Waals surface area contributed by atoms with Gasteiger partial charge in [0.2, 0.25) is 0 Å². The van der Waals surface area contributed by atoms with Gasteiger partial charge in [-0.2, -0.15) is 0 Å². The molecule has 2 heterocycles. The number of ether oxygens (including phenoxy) is 1. The van der Waals surface area contributed by atoms with Gasteiger partial charge in [-0.1, -0.05) is 32.0 Å². The Hall–Kier alpha value is -4.00. The lowest BCUT2D eigenvalue weighted by Gasteiger charge is -2.25. The molecule has 35 heavy (non-hydrogen) atoms. The van der Waals surface area contributed by atoms with Gasteiger partial charge >= 0.3 is 0 Å². The van der Waals surface area contributed by atoms with E-state index in [1.54, 1.807) is 49.6 Å². The number of nitrogens with zero attached hydrogens (tertiary/aromatic N) is 2. The van der Waals surface area contributed by atoms with E-state index in [1.807, 2.05) is 13.8 Å². The number of carbonyl (C=O) groups is 2. The average molecular weight is 475 g/mol. The molecule has 7 heteroatoms. The molecule has 1 saturated heterocycles. The van der Waals surface area contributed by atoms with Gasteiger partial charge in [0.05, 0.1) is 18.2 Å². The van der Waals surface area contributed by atoms with Crippen molar-refractivity contribution in [3.8, 4) is 5.75 Å². The van der Waals surface area contributed by atoms with Gasteiger partial charge in [0.15, 0.2) is 0 Å². The maximum absolute atomic E-state index is 13.7. The molecule has 4 rings (SSSR count). The second kappa shape index (κ2) is 10.1. The molecule has 1 unspecified atom stereocenters. The van der Waals surface area contributed by atoms with Crippen LogP contribution in [0.5, 0.6) is 5.75 Å². The van der Waals surface area contributed by atoms with Crippen molar-refractivity contribution in [1.82, 2.24) is 9.88 Å². The van der Waals surface area contributed by atoms with Gasteiger partial charge in [0, 0.05) is 24.5 Å². The Bertz CT molecular complexity index is 1270. The number of Topliss-reactive ketones (excluding diaryl/α,β-unsaturated/α-hetero) is 1. The van der Waals surface area contributed by atoms with E-state index < -0.39 is 23.5 Å².